The summed E-state index contributed by atoms with van der Waals surface area (Å²) in [6, 6.07) is 12.3. The molecule has 2 N–H and O–H groups in total. The normalized spacial score (nSPS) is 11.1. The first-order chi connectivity index (χ1) is 11.9. The fraction of sp³-hybridized carbons (Fsp3) is 0. The predicted molar refractivity (Wildman–Crippen MR) is 88.1 cm³/mol. The fourth-order valence-electron chi connectivity index (χ4n) is 2.24. The second kappa shape index (κ2) is 6.37. The summed E-state index contributed by atoms with van der Waals surface area (Å²) in [4.78, 5) is 2.52. The molecule has 126 valence electrons. The maximum absolute atomic E-state index is 13.9. The van der Waals surface area contributed by atoms with E-state index in [2.05, 4.69) is 9.71 Å². The second-order valence-corrected chi connectivity index (χ2v) is 6.82. The lowest BCUT2D eigenvalue weighted by Gasteiger charge is -2.07. The van der Waals surface area contributed by atoms with E-state index in [9.17, 15) is 17.2 Å². The molecule has 0 bridgehead atoms. The van der Waals surface area contributed by atoms with Crippen LogP contribution in [0.1, 0.15) is 5.56 Å². The highest BCUT2D eigenvalue weighted by Crippen LogP contribution is 2.26. The lowest BCUT2D eigenvalue weighted by atomic mass is 10.1. The molecule has 3 rings (SSSR count). The van der Waals surface area contributed by atoms with Crippen molar-refractivity contribution in [3.05, 3.63) is 71.9 Å². The van der Waals surface area contributed by atoms with E-state index >= 15 is 0 Å². The van der Waals surface area contributed by atoms with Crippen LogP contribution in [0.4, 0.5) is 14.5 Å². The van der Waals surface area contributed by atoms with Gasteiger partial charge in [0.05, 0.1) is 17.3 Å². The summed E-state index contributed by atoms with van der Waals surface area (Å²) in [5.74, 6) is -1.37. The molecule has 0 spiro atoms. The molecule has 0 radical (unpaired) electrons. The highest BCUT2D eigenvalue weighted by atomic mass is 32.2. The van der Waals surface area contributed by atoms with Gasteiger partial charge in [-0.1, -0.05) is 12.1 Å². The number of hydrogen-bond donors (Lipinski definition) is 2. The number of nitriles is 1. The first-order valence-electron chi connectivity index (χ1n) is 7.06. The maximum Gasteiger partial charge on any atom is 0.263 e. The minimum absolute atomic E-state index is 0.0731. The van der Waals surface area contributed by atoms with Crippen molar-refractivity contribution in [3.8, 4) is 17.3 Å². The van der Waals surface area contributed by atoms with Crippen LogP contribution in [0.25, 0.3) is 11.3 Å². The van der Waals surface area contributed by atoms with Crippen LogP contribution in [0, 0.1) is 23.0 Å². The number of nitrogens with zero attached hydrogens (tertiary/aromatic N) is 1. The molecule has 8 heteroatoms. The minimum Gasteiger partial charge on any atom is -0.360 e. The van der Waals surface area contributed by atoms with E-state index in [1.807, 2.05) is 0 Å². The van der Waals surface area contributed by atoms with Crippen molar-refractivity contribution in [3.63, 3.8) is 0 Å². The number of anilines is 1. The zero-order valence-corrected chi connectivity index (χ0v) is 13.4. The Bertz CT molecular complexity index is 1090. The van der Waals surface area contributed by atoms with E-state index in [4.69, 9.17) is 5.26 Å². The largest absolute Gasteiger partial charge is 0.360 e. The van der Waals surface area contributed by atoms with E-state index in [0.29, 0.717) is 0 Å². The molecule has 0 saturated heterocycles. The van der Waals surface area contributed by atoms with Gasteiger partial charge in [0, 0.05) is 17.5 Å². The molecule has 0 amide bonds. The van der Waals surface area contributed by atoms with Gasteiger partial charge in [-0.2, -0.15) is 5.26 Å². The SMILES string of the molecule is N#Cc1ccc(NS(=O)(=O)c2c[nH]c(-c3ccccc3F)c2)c(F)c1. The summed E-state index contributed by atoms with van der Waals surface area (Å²) >= 11 is 0. The number of benzene rings is 2. The van der Waals surface area contributed by atoms with Crippen molar-refractivity contribution in [2.45, 2.75) is 4.90 Å². The summed E-state index contributed by atoms with van der Waals surface area (Å²) in [5, 5.41) is 8.71. The number of H-pyrrole nitrogens is 1. The maximum atomic E-state index is 13.9. The third-order valence-corrected chi connectivity index (χ3v) is 4.82. The molecule has 3 aromatic rings. The molecule has 0 fully saturated rings. The molecule has 0 aliphatic carbocycles. The number of rotatable bonds is 4. The van der Waals surface area contributed by atoms with Crippen LogP contribution < -0.4 is 4.72 Å². The topological polar surface area (TPSA) is 85.8 Å². The zero-order valence-electron chi connectivity index (χ0n) is 12.6. The molecule has 0 aliphatic heterocycles. The minimum atomic E-state index is -4.08. The lowest BCUT2D eigenvalue weighted by molar-refractivity contribution is 0.598. The van der Waals surface area contributed by atoms with Gasteiger partial charge in [-0.25, -0.2) is 17.2 Å². The van der Waals surface area contributed by atoms with Crippen molar-refractivity contribution < 1.29 is 17.2 Å². The van der Waals surface area contributed by atoms with E-state index < -0.39 is 21.7 Å². The predicted octanol–water partition coefficient (Wildman–Crippen LogP) is 3.63. The number of sulfonamides is 1. The Kier molecular flexibility index (Phi) is 4.25. The van der Waals surface area contributed by atoms with Gasteiger partial charge in [0.1, 0.15) is 16.5 Å². The average molecular weight is 359 g/mol. The Morgan fingerprint density at radius 2 is 1.80 bits per heavy atom. The number of halogens is 2. The Labute approximate surface area is 142 Å². The molecule has 25 heavy (non-hydrogen) atoms. The van der Waals surface area contributed by atoms with Gasteiger partial charge in [0.25, 0.3) is 10.0 Å². The number of aromatic amines is 1. The van der Waals surface area contributed by atoms with Crippen LogP contribution >= 0.6 is 0 Å². The second-order valence-electron chi connectivity index (χ2n) is 5.14. The monoisotopic (exact) mass is 359 g/mol. The van der Waals surface area contributed by atoms with Crippen molar-refractivity contribution in [2.75, 3.05) is 4.72 Å². The van der Waals surface area contributed by atoms with Crippen LogP contribution in [0.15, 0.2) is 59.6 Å². The lowest BCUT2D eigenvalue weighted by Crippen LogP contribution is -2.13. The first-order valence-corrected chi connectivity index (χ1v) is 8.55. The van der Waals surface area contributed by atoms with Gasteiger partial charge in [-0.15, -0.1) is 0 Å². The standard InChI is InChI=1S/C17H11F2N3O2S/c18-14-4-2-1-3-13(14)17-8-12(10-21-17)25(23,24)22-16-6-5-11(9-20)7-15(16)19/h1-8,10,21-22H. The van der Waals surface area contributed by atoms with E-state index in [-0.39, 0.29) is 27.4 Å². The summed E-state index contributed by atoms with van der Waals surface area (Å²) in [6.45, 7) is 0. The van der Waals surface area contributed by atoms with Crippen LogP contribution in [0.3, 0.4) is 0 Å². The van der Waals surface area contributed by atoms with E-state index in [0.717, 1.165) is 12.1 Å². The molecule has 0 atom stereocenters. The Morgan fingerprint density at radius 3 is 2.48 bits per heavy atom. The van der Waals surface area contributed by atoms with Crippen LogP contribution in [-0.2, 0) is 10.0 Å². The highest BCUT2D eigenvalue weighted by molar-refractivity contribution is 7.92. The fourth-order valence-corrected chi connectivity index (χ4v) is 3.30. The summed E-state index contributed by atoms with van der Waals surface area (Å²) in [6.07, 6.45) is 1.19. The van der Waals surface area contributed by atoms with Crippen LogP contribution in [0.5, 0.6) is 0 Å². The average Bonchev–Trinajstić information content (AvgIpc) is 3.08. The quantitative estimate of drug-likeness (QED) is 0.746. The third-order valence-electron chi connectivity index (χ3n) is 3.47. The molecular weight excluding hydrogens is 348 g/mol. The highest BCUT2D eigenvalue weighted by Gasteiger charge is 2.19. The molecule has 0 aliphatic rings. The van der Waals surface area contributed by atoms with Crippen molar-refractivity contribution in [1.82, 2.24) is 4.98 Å². The molecule has 5 nitrogen and oxygen atoms in total. The summed E-state index contributed by atoms with van der Waals surface area (Å²) < 4.78 is 54.5. The summed E-state index contributed by atoms with van der Waals surface area (Å²) in [7, 11) is -4.08. The van der Waals surface area contributed by atoms with Gasteiger partial charge in [-0.3, -0.25) is 4.72 Å². The summed E-state index contributed by atoms with van der Waals surface area (Å²) in [5.41, 5.74) is 0.281. The zero-order chi connectivity index (χ0) is 18.0. The Hall–Kier alpha value is -3.18. The Morgan fingerprint density at radius 1 is 1.04 bits per heavy atom. The van der Waals surface area contributed by atoms with Gasteiger partial charge >= 0.3 is 0 Å². The number of hydrogen-bond acceptors (Lipinski definition) is 3. The van der Waals surface area contributed by atoms with Gasteiger partial charge in [0.2, 0.25) is 0 Å². The number of aromatic nitrogens is 1. The van der Waals surface area contributed by atoms with Crippen LogP contribution in [-0.4, -0.2) is 13.4 Å². The number of nitrogens with one attached hydrogen (secondary N) is 2. The van der Waals surface area contributed by atoms with Crippen molar-refractivity contribution in [1.29, 1.82) is 5.26 Å². The molecular formula is C17H11F2N3O2S. The molecule has 1 heterocycles. The first kappa shape index (κ1) is 16.7. The smallest absolute Gasteiger partial charge is 0.263 e. The Balaban J connectivity index is 1.92. The van der Waals surface area contributed by atoms with E-state index in [1.54, 1.807) is 12.1 Å². The van der Waals surface area contributed by atoms with Gasteiger partial charge in [-0.05, 0) is 36.4 Å². The molecule has 1 aromatic heterocycles. The van der Waals surface area contributed by atoms with E-state index in [1.165, 1.54) is 36.5 Å². The third kappa shape index (κ3) is 3.36. The van der Waals surface area contributed by atoms with Crippen molar-refractivity contribution in [2.24, 2.45) is 0 Å². The molecule has 2 aromatic carbocycles. The van der Waals surface area contributed by atoms with Crippen molar-refractivity contribution >= 4 is 15.7 Å². The van der Waals surface area contributed by atoms with Gasteiger partial charge < -0.3 is 4.98 Å². The van der Waals surface area contributed by atoms with Crippen LogP contribution in [0.2, 0.25) is 0 Å². The van der Waals surface area contributed by atoms with Gasteiger partial charge in [0.15, 0.2) is 0 Å². The molecule has 0 unspecified atom stereocenters. The molecule has 0 saturated carbocycles.